The Hall–Kier alpha value is -0.920. The Balaban J connectivity index is 4.67. The van der Waals surface area contributed by atoms with E-state index < -0.39 is 0 Å². The largest absolute Gasteiger partial charge is 0.267 e. The molecule has 0 unspecified atom stereocenters. The summed E-state index contributed by atoms with van der Waals surface area (Å²) in [4.78, 5) is 8.31. The first-order valence-corrected chi connectivity index (χ1v) is 4.19. The highest BCUT2D eigenvalue weighted by molar-refractivity contribution is 5.57. The predicted octanol–water partition coefficient (Wildman–Crippen LogP) is 3.06. The molecule has 0 atom stereocenters. The standard InChI is InChI=1S/C10H18N2/c1-6-11-8-9(12-7-2)10(3,4)5/h6-8H,1-5H3/b9-8-,11-6?,12-7?. The molecule has 0 amide bonds. The molecular formula is C10H18N2. The summed E-state index contributed by atoms with van der Waals surface area (Å²) in [7, 11) is 0. The molecule has 0 radical (unpaired) electrons. The van der Waals surface area contributed by atoms with E-state index in [0.717, 1.165) is 5.70 Å². The van der Waals surface area contributed by atoms with Gasteiger partial charge in [-0.3, -0.25) is 9.98 Å². The van der Waals surface area contributed by atoms with Gasteiger partial charge in [-0.05, 0) is 13.8 Å². The molecule has 0 aliphatic heterocycles. The van der Waals surface area contributed by atoms with Gasteiger partial charge in [0, 0.05) is 24.0 Å². The van der Waals surface area contributed by atoms with E-state index in [9.17, 15) is 0 Å². The number of aliphatic imine (C=N–C) groups is 2. The van der Waals surface area contributed by atoms with Gasteiger partial charge < -0.3 is 0 Å². The van der Waals surface area contributed by atoms with E-state index in [-0.39, 0.29) is 5.41 Å². The summed E-state index contributed by atoms with van der Waals surface area (Å²) in [6.07, 6.45) is 5.36. The molecule has 0 rings (SSSR count). The first-order valence-electron chi connectivity index (χ1n) is 4.19. The van der Waals surface area contributed by atoms with E-state index in [1.54, 1.807) is 18.6 Å². The van der Waals surface area contributed by atoms with Crippen molar-refractivity contribution in [3.63, 3.8) is 0 Å². The fraction of sp³-hybridized carbons (Fsp3) is 0.600. The summed E-state index contributed by atoms with van der Waals surface area (Å²) in [6.45, 7) is 10.2. The van der Waals surface area contributed by atoms with Crippen LogP contribution in [0.5, 0.6) is 0 Å². The first-order chi connectivity index (χ1) is 5.52. The lowest BCUT2D eigenvalue weighted by Crippen LogP contribution is -2.07. The monoisotopic (exact) mass is 166 g/mol. The zero-order valence-corrected chi connectivity index (χ0v) is 8.63. The van der Waals surface area contributed by atoms with Crippen molar-refractivity contribution in [3.05, 3.63) is 11.9 Å². The molecule has 0 aromatic heterocycles. The number of allylic oxidation sites excluding steroid dienone is 1. The zero-order chi connectivity index (χ0) is 9.61. The lowest BCUT2D eigenvalue weighted by atomic mass is 9.93. The third-order valence-corrected chi connectivity index (χ3v) is 1.38. The summed E-state index contributed by atoms with van der Waals surface area (Å²) in [5, 5.41) is 0. The number of hydrogen-bond donors (Lipinski definition) is 0. The molecule has 0 bridgehead atoms. The van der Waals surface area contributed by atoms with Crippen LogP contribution in [0.2, 0.25) is 0 Å². The Morgan fingerprint density at radius 1 is 1.08 bits per heavy atom. The molecule has 0 saturated carbocycles. The molecule has 12 heavy (non-hydrogen) atoms. The summed E-state index contributed by atoms with van der Waals surface area (Å²) >= 11 is 0. The van der Waals surface area contributed by atoms with Crippen molar-refractivity contribution in [2.75, 3.05) is 0 Å². The van der Waals surface area contributed by atoms with Gasteiger partial charge in [0.25, 0.3) is 0 Å². The van der Waals surface area contributed by atoms with Crippen molar-refractivity contribution < 1.29 is 0 Å². The van der Waals surface area contributed by atoms with Gasteiger partial charge in [0.15, 0.2) is 0 Å². The third kappa shape index (κ3) is 4.06. The van der Waals surface area contributed by atoms with Crippen LogP contribution in [0.25, 0.3) is 0 Å². The van der Waals surface area contributed by atoms with E-state index in [1.165, 1.54) is 0 Å². The minimum atomic E-state index is 0.0685. The summed E-state index contributed by atoms with van der Waals surface area (Å²) in [5.74, 6) is 0. The number of hydrogen-bond acceptors (Lipinski definition) is 2. The Morgan fingerprint density at radius 2 is 1.67 bits per heavy atom. The quantitative estimate of drug-likeness (QED) is 0.563. The summed E-state index contributed by atoms with van der Waals surface area (Å²) in [6, 6.07) is 0. The van der Waals surface area contributed by atoms with Gasteiger partial charge in [-0.25, -0.2) is 0 Å². The molecular weight excluding hydrogens is 148 g/mol. The van der Waals surface area contributed by atoms with Crippen LogP contribution in [0.15, 0.2) is 21.9 Å². The molecule has 0 aromatic rings. The maximum absolute atomic E-state index is 4.26. The third-order valence-electron chi connectivity index (χ3n) is 1.38. The van der Waals surface area contributed by atoms with Crippen LogP contribution < -0.4 is 0 Å². The molecule has 0 spiro atoms. The second-order valence-electron chi connectivity index (χ2n) is 3.56. The van der Waals surface area contributed by atoms with Gasteiger partial charge in [0.1, 0.15) is 0 Å². The van der Waals surface area contributed by atoms with Crippen molar-refractivity contribution >= 4 is 12.4 Å². The lowest BCUT2D eigenvalue weighted by molar-refractivity contribution is 0.497. The van der Waals surface area contributed by atoms with Crippen molar-refractivity contribution in [3.8, 4) is 0 Å². The molecule has 0 aromatic carbocycles. The molecule has 0 heterocycles. The SMILES string of the molecule is CC=N/C=C(\N=CC)C(C)(C)C. The minimum Gasteiger partial charge on any atom is -0.267 e. The molecule has 0 aliphatic rings. The van der Waals surface area contributed by atoms with Crippen molar-refractivity contribution in [1.29, 1.82) is 0 Å². The van der Waals surface area contributed by atoms with Crippen LogP contribution in [-0.2, 0) is 0 Å². The smallest absolute Gasteiger partial charge is 0.0635 e. The summed E-state index contributed by atoms with van der Waals surface area (Å²) < 4.78 is 0. The molecule has 0 fully saturated rings. The van der Waals surface area contributed by atoms with Crippen LogP contribution in [0.1, 0.15) is 34.6 Å². The van der Waals surface area contributed by atoms with Gasteiger partial charge in [-0.2, -0.15) is 0 Å². The molecule has 2 nitrogen and oxygen atoms in total. The second-order valence-corrected chi connectivity index (χ2v) is 3.56. The fourth-order valence-corrected chi connectivity index (χ4v) is 0.705. The number of nitrogens with zero attached hydrogens (tertiary/aromatic N) is 2. The van der Waals surface area contributed by atoms with Gasteiger partial charge >= 0.3 is 0 Å². The molecule has 0 saturated heterocycles. The maximum atomic E-state index is 4.26. The van der Waals surface area contributed by atoms with Gasteiger partial charge in [-0.1, -0.05) is 20.8 Å². The highest BCUT2D eigenvalue weighted by Gasteiger charge is 2.15. The fourth-order valence-electron chi connectivity index (χ4n) is 0.705. The van der Waals surface area contributed by atoms with E-state index in [0.29, 0.717) is 0 Å². The van der Waals surface area contributed by atoms with E-state index in [2.05, 4.69) is 30.8 Å². The highest BCUT2D eigenvalue weighted by Crippen LogP contribution is 2.25. The average Bonchev–Trinajstić information content (AvgIpc) is 1.95. The molecule has 0 aliphatic carbocycles. The Morgan fingerprint density at radius 3 is 2.00 bits per heavy atom. The maximum Gasteiger partial charge on any atom is 0.0635 e. The van der Waals surface area contributed by atoms with Crippen molar-refractivity contribution in [2.45, 2.75) is 34.6 Å². The zero-order valence-electron chi connectivity index (χ0n) is 8.63. The number of rotatable bonds is 2. The van der Waals surface area contributed by atoms with E-state index >= 15 is 0 Å². The highest BCUT2D eigenvalue weighted by atomic mass is 14.8. The van der Waals surface area contributed by atoms with Crippen molar-refractivity contribution in [2.24, 2.45) is 15.4 Å². The van der Waals surface area contributed by atoms with Gasteiger partial charge in [0.2, 0.25) is 0 Å². The Labute approximate surface area is 75.1 Å². The van der Waals surface area contributed by atoms with Crippen LogP contribution in [0.4, 0.5) is 0 Å². The van der Waals surface area contributed by atoms with Crippen LogP contribution in [0, 0.1) is 5.41 Å². The predicted molar refractivity (Wildman–Crippen MR) is 55.9 cm³/mol. The second kappa shape index (κ2) is 4.86. The van der Waals surface area contributed by atoms with E-state index in [1.807, 2.05) is 13.8 Å². The van der Waals surface area contributed by atoms with Crippen LogP contribution >= 0.6 is 0 Å². The van der Waals surface area contributed by atoms with Crippen LogP contribution in [-0.4, -0.2) is 12.4 Å². The van der Waals surface area contributed by atoms with E-state index in [4.69, 9.17) is 0 Å². The van der Waals surface area contributed by atoms with Gasteiger partial charge in [0.05, 0.1) is 5.70 Å². The molecule has 68 valence electrons. The summed E-state index contributed by atoms with van der Waals surface area (Å²) in [5.41, 5.74) is 1.07. The Bertz CT molecular complexity index is 204. The minimum absolute atomic E-state index is 0.0685. The van der Waals surface area contributed by atoms with Crippen LogP contribution in [0.3, 0.4) is 0 Å². The molecule has 0 N–H and O–H groups in total. The molecule has 2 heteroatoms. The first kappa shape index (κ1) is 11.1. The van der Waals surface area contributed by atoms with Crippen molar-refractivity contribution in [1.82, 2.24) is 0 Å². The normalized spacial score (nSPS) is 14.9. The van der Waals surface area contributed by atoms with Gasteiger partial charge in [-0.15, -0.1) is 0 Å². The Kier molecular flexibility index (Phi) is 4.49. The average molecular weight is 166 g/mol. The topological polar surface area (TPSA) is 24.7 Å². The lowest BCUT2D eigenvalue weighted by Gasteiger charge is -2.17.